The molecule has 0 aliphatic heterocycles. The first-order chi connectivity index (χ1) is 13.3. The van der Waals surface area contributed by atoms with Crippen molar-refractivity contribution in [3.63, 3.8) is 0 Å². The van der Waals surface area contributed by atoms with Gasteiger partial charge in [-0.2, -0.15) is 0 Å². The molecule has 0 spiro atoms. The van der Waals surface area contributed by atoms with E-state index in [2.05, 4.69) is 20.6 Å². The van der Waals surface area contributed by atoms with E-state index in [1.165, 1.54) is 12.1 Å². The average Bonchev–Trinajstić information content (AvgIpc) is 2.63. The Kier molecular flexibility index (Phi) is 5.90. The van der Waals surface area contributed by atoms with Gasteiger partial charge in [-0.3, -0.25) is 4.79 Å². The number of hydrogen-bond acceptors (Lipinski definition) is 4. The van der Waals surface area contributed by atoms with Crippen LogP contribution in [-0.4, -0.2) is 15.9 Å². The van der Waals surface area contributed by atoms with Crippen molar-refractivity contribution in [2.45, 2.75) is 27.3 Å². The molecule has 5 nitrogen and oxygen atoms in total. The van der Waals surface area contributed by atoms with Crippen LogP contribution in [0.15, 0.2) is 42.5 Å². The number of benzene rings is 2. The smallest absolute Gasteiger partial charge is 0.274 e. The number of aromatic nitrogens is 2. The van der Waals surface area contributed by atoms with Gasteiger partial charge in [-0.05, 0) is 44.0 Å². The largest absolute Gasteiger partial charge is 0.366 e. The quantitative estimate of drug-likeness (QED) is 0.630. The zero-order chi connectivity index (χ0) is 20.3. The molecule has 144 valence electrons. The predicted molar refractivity (Wildman–Crippen MR) is 109 cm³/mol. The number of halogens is 2. The van der Waals surface area contributed by atoms with Crippen LogP contribution in [0.1, 0.15) is 33.0 Å². The van der Waals surface area contributed by atoms with Gasteiger partial charge in [-0.1, -0.05) is 35.9 Å². The summed E-state index contributed by atoms with van der Waals surface area (Å²) >= 11 is 6.27. The summed E-state index contributed by atoms with van der Waals surface area (Å²) in [6, 6.07) is 11.7. The van der Waals surface area contributed by atoms with E-state index in [9.17, 15) is 9.18 Å². The highest BCUT2D eigenvalue weighted by molar-refractivity contribution is 6.34. The van der Waals surface area contributed by atoms with E-state index in [4.69, 9.17) is 11.6 Å². The number of nitrogens with zero attached hydrogens (tertiary/aromatic N) is 2. The van der Waals surface area contributed by atoms with Gasteiger partial charge >= 0.3 is 0 Å². The van der Waals surface area contributed by atoms with Crippen LogP contribution in [0.2, 0.25) is 5.02 Å². The third-order valence-electron chi connectivity index (χ3n) is 4.16. The first kappa shape index (κ1) is 19.8. The van der Waals surface area contributed by atoms with E-state index < -0.39 is 5.91 Å². The molecule has 0 fully saturated rings. The summed E-state index contributed by atoms with van der Waals surface area (Å²) in [6.07, 6.45) is 0. The second-order valence-electron chi connectivity index (χ2n) is 6.52. The van der Waals surface area contributed by atoms with Crippen LogP contribution in [0.3, 0.4) is 0 Å². The van der Waals surface area contributed by atoms with Crippen LogP contribution in [0, 0.1) is 26.6 Å². The van der Waals surface area contributed by atoms with E-state index in [0.29, 0.717) is 27.9 Å². The lowest BCUT2D eigenvalue weighted by atomic mass is 10.1. The van der Waals surface area contributed by atoms with Crippen molar-refractivity contribution in [2.24, 2.45) is 0 Å². The molecule has 2 N–H and O–H groups in total. The first-order valence-electron chi connectivity index (χ1n) is 8.74. The number of amides is 1. The lowest BCUT2D eigenvalue weighted by Crippen LogP contribution is -2.17. The number of carbonyl (C=O) groups is 1. The summed E-state index contributed by atoms with van der Waals surface area (Å²) in [6.45, 7) is 5.75. The number of anilines is 2. The molecule has 3 aromatic rings. The Morgan fingerprint density at radius 3 is 2.57 bits per heavy atom. The number of rotatable bonds is 5. The lowest BCUT2D eigenvalue weighted by Gasteiger charge is -2.12. The zero-order valence-corrected chi connectivity index (χ0v) is 16.6. The summed E-state index contributed by atoms with van der Waals surface area (Å²) in [4.78, 5) is 21.2. The normalized spacial score (nSPS) is 10.6. The summed E-state index contributed by atoms with van der Waals surface area (Å²) < 4.78 is 13.8. The van der Waals surface area contributed by atoms with Crippen molar-refractivity contribution in [3.8, 4) is 0 Å². The number of aryl methyl sites for hydroxylation is 3. The Bertz CT molecular complexity index is 1020. The van der Waals surface area contributed by atoms with Crippen LogP contribution in [0.4, 0.5) is 15.9 Å². The van der Waals surface area contributed by atoms with Crippen molar-refractivity contribution in [3.05, 3.63) is 81.5 Å². The lowest BCUT2D eigenvalue weighted by molar-refractivity contribution is 0.102. The minimum atomic E-state index is -0.395. The van der Waals surface area contributed by atoms with Crippen molar-refractivity contribution in [1.82, 2.24) is 9.97 Å². The molecular formula is C21H20ClFN4O. The third kappa shape index (κ3) is 4.64. The second-order valence-corrected chi connectivity index (χ2v) is 6.93. The van der Waals surface area contributed by atoms with Gasteiger partial charge in [-0.25, -0.2) is 14.4 Å². The van der Waals surface area contributed by atoms with E-state index in [1.807, 2.05) is 19.9 Å². The highest BCUT2D eigenvalue weighted by atomic mass is 35.5. The van der Waals surface area contributed by atoms with Gasteiger partial charge in [-0.15, -0.1) is 0 Å². The van der Waals surface area contributed by atoms with E-state index >= 15 is 0 Å². The van der Waals surface area contributed by atoms with E-state index in [0.717, 1.165) is 11.1 Å². The van der Waals surface area contributed by atoms with Gasteiger partial charge in [0.15, 0.2) is 0 Å². The molecule has 7 heteroatoms. The van der Waals surface area contributed by atoms with Crippen LogP contribution < -0.4 is 10.6 Å². The molecule has 1 aromatic heterocycles. The van der Waals surface area contributed by atoms with Crippen LogP contribution in [-0.2, 0) is 6.54 Å². The minimum absolute atomic E-state index is 0.194. The van der Waals surface area contributed by atoms with Crippen molar-refractivity contribution in [1.29, 1.82) is 0 Å². The molecule has 0 bridgehead atoms. The highest BCUT2D eigenvalue weighted by Crippen LogP contribution is 2.27. The molecule has 0 saturated heterocycles. The van der Waals surface area contributed by atoms with Gasteiger partial charge in [0.05, 0.1) is 10.7 Å². The monoisotopic (exact) mass is 398 g/mol. The van der Waals surface area contributed by atoms with Gasteiger partial charge < -0.3 is 10.6 Å². The molecule has 28 heavy (non-hydrogen) atoms. The number of carbonyl (C=O) groups excluding carboxylic acids is 1. The van der Waals surface area contributed by atoms with Crippen molar-refractivity contribution >= 4 is 29.0 Å². The first-order valence-corrected chi connectivity index (χ1v) is 9.12. The minimum Gasteiger partial charge on any atom is -0.366 e. The molecule has 1 amide bonds. The van der Waals surface area contributed by atoms with Gasteiger partial charge in [0, 0.05) is 18.2 Å². The summed E-state index contributed by atoms with van der Waals surface area (Å²) in [5.41, 5.74) is 3.13. The second kappa shape index (κ2) is 8.35. The molecule has 1 heterocycles. The van der Waals surface area contributed by atoms with E-state index in [1.54, 1.807) is 31.2 Å². The predicted octanol–water partition coefficient (Wildman–Crippen LogP) is 5.06. The Hall–Kier alpha value is -2.99. The Morgan fingerprint density at radius 1 is 1.11 bits per heavy atom. The number of nitrogens with one attached hydrogen (secondary N) is 2. The molecule has 0 radical (unpaired) electrons. The number of hydrogen-bond donors (Lipinski definition) is 2. The molecule has 3 rings (SSSR count). The average molecular weight is 399 g/mol. The van der Waals surface area contributed by atoms with Crippen LogP contribution >= 0.6 is 11.6 Å². The maximum Gasteiger partial charge on any atom is 0.274 e. The van der Waals surface area contributed by atoms with Gasteiger partial charge in [0.1, 0.15) is 23.2 Å². The maximum absolute atomic E-state index is 13.8. The molecule has 0 unspecified atom stereocenters. The summed E-state index contributed by atoms with van der Waals surface area (Å²) in [7, 11) is 0. The SMILES string of the molecule is Cc1cc(C)c(NC(=O)c2cc(NCc3ccccc3F)nc(C)n2)c(Cl)c1. The third-order valence-corrected chi connectivity index (χ3v) is 4.46. The van der Waals surface area contributed by atoms with Crippen molar-refractivity contribution in [2.75, 3.05) is 10.6 Å². The molecule has 0 atom stereocenters. The zero-order valence-electron chi connectivity index (χ0n) is 15.8. The Balaban J connectivity index is 1.79. The van der Waals surface area contributed by atoms with Crippen LogP contribution in [0.25, 0.3) is 0 Å². The van der Waals surface area contributed by atoms with Gasteiger partial charge in [0.2, 0.25) is 0 Å². The molecule has 0 saturated carbocycles. The summed E-state index contributed by atoms with van der Waals surface area (Å²) in [5.74, 6) is 0.166. The summed E-state index contributed by atoms with van der Waals surface area (Å²) in [5, 5.41) is 6.31. The standard InChI is InChI=1S/C21H20ClFN4O/c1-12-8-13(2)20(16(22)9-12)27-21(28)18-10-19(26-14(3)25-18)24-11-15-6-4-5-7-17(15)23/h4-10H,11H2,1-3H3,(H,27,28)(H,24,25,26). The molecule has 0 aliphatic rings. The van der Waals surface area contributed by atoms with E-state index in [-0.39, 0.29) is 18.1 Å². The fraction of sp³-hybridized carbons (Fsp3) is 0.190. The maximum atomic E-state index is 13.8. The van der Waals surface area contributed by atoms with Gasteiger partial charge in [0.25, 0.3) is 5.91 Å². The fourth-order valence-electron chi connectivity index (χ4n) is 2.85. The Labute approximate surface area is 168 Å². The Morgan fingerprint density at radius 2 is 1.86 bits per heavy atom. The van der Waals surface area contributed by atoms with Crippen LogP contribution in [0.5, 0.6) is 0 Å². The molecular weight excluding hydrogens is 379 g/mol. The fourth-order valence-corrected chi connectivity index (χ4v) is 3.22. The molecule has 2 aromatic carbocycles. The topological polar surface area (TPSA) is 66.9 Å². The van der Waals surface area contributed by atoms with Crippen molar-refractivity contribution < 1.29 is 9.18 Å². The highest BCUT2D eigenvalue weighted by Gasteiger charge is 2.14. The molecule has 0 aliphatic carbocycles.